The molecule has 0 aromatic heterocycles. The predicted molar refractivity (Wildman–Crippen MR) is 81.8 cm³/mol. The second kappa shape index (κ2) is 4.24. The third-order valence-corrected chi connectivity index (χ3v) is 6.64. The number of ether oxygens (including phenoxy) is 1. The molecule has 5 aliphatic rings. The van der Waals surface area contributed by atoms with Gasteiger partial charge < -0.3 is 4.74 Å². The van der Waals surface area contributed by atoms with Crippen molar-refractivity contribution in [1.29, 1.82) is 0 Å². The minimum atomic E-state index is -0.0570. The largest absolute Gasteiger partial charge is 0.468 e. The van der Waals surface area contributed by atoms with Crippen LogP contribution < -0.4 is 5.32 Å². The predicted octanol–water partition coefficient (Wildman–Crippen LogP) is 3.28. The fourth-order valence-corrected chi connectivity index (χ4v) is 6.86. The van der Waals surface area contributed by atoms with Crippen LogP contribution in [0, 0.1) is 22.7 Å². The van der Waals surface area contributed by atoms with Gasteiger partial charge in [-0.25, -0.2) is 0 Å². The smallest absolute Gasteiger partial charge is 0.323 e. The van der Waals surface area contributed by atoms with E-state index in [0.29, 0.717) is 16.7 Å². The molecule has 0 aliphatic heterocycles. The van der Waals surface area contributed by atoms with Gasteiger partial charge in [-0.1, -0.05) is 13.8 Å². The highest BCUT2D eigenvalue weighted by molar-refractivity contribution is 5.76. The molecule has 0 aromatic rings. The van der Waals surface area contributed by atoms with Crippen LogP contribution in [-0.4, -0.2) is 24.7 Å². The van der Waals surface area contributed by atoms with Gasteiger partial charge in [0.2, 0.25) is 0 Å². The molecule has 3 heteroatoms. The van der Waals surface area contributed by atoms with Crippen LogP contribution in [-0.2, 0) is 9.53 Å². The quantitative estimate of drug-likeness (QED) is 0.808. The Bertz CT molecular complexity index is 452. The maximum absolute atomic E-state index is 12.2. The Morgan fingerprint density at radius 1 is 1.10 bits per heavy atom. The minimum Gasteiger partial charge on any atom is -0.468 e. The van der Waals surface area contributed by atoms with Crippen molar-refractivity contribution in [2.24, 2.45) is 22.7 Å². The minimum absolute atomic E-state index is 0.0384. The van der Waals surface area contributed by atoms with E-state index < -0.39 is 0 Å². The Morgan fingerprint density at radius 2 is 1.71 bits per heavy atom. The first kappa shape index (κ1) is 14.0. The molecule has 5 aliphatic carbocycles. The van der Waals surface area contributed by atoms with Gasteiger partial charge in [0, 0.05) is 5.54 Å². The van der Waals surface area contributed by atoms with Crippen molar-refractivity contribution in [1.82, 2.24) is 5.32 Å². The molecule has 0 spiro atoms. The highest BCUT2D eigenvalue weighted by atomic mass is 16.5. The van der Waals surface area contributed by atoms with Gasteiger partial charge in [0.25, 0.3) is 0 Å². The first-order chi connectivity index (χ1) is 9.84. The third kappa shape index (κ3) is 2.32. The highest BCUT2D eigenvalue weighted by Gasteiger charge is 2.61. The molecular weight excluding hydrogens is 262 g/mol. The van der Waals surface area contributed by atoms with Crippen LogP contribution in [0.1, 0.15) is 65.2 Å². The van der Waals surface area contributed by atoms with Crippen molar-refractivity contribution in [2.75, 3.05) is 7.11 Å². The lowest BCUT2D eigenvalue weighted by atomic mass is 9.42. The summed E-state index contributed by atoms with van der Waals surface area (Å²) in [5.74, 6) is 1.34. The molecule has 0 heterocycles. The molecule has 4 bridgehead atoms. The molecule has 0 amide bonds. The zero-order chi connectivity index (χ0) is 14.9. The van der Waals surface area contributed by atoms with Crippen molar-refractivity contribution in [3.63, 3.8) is 0 Å². The maximum Gasteiger partial charge on any atom is 0.323 e. The number of methoxy groups -OCH3 is 1. The second-order valence-corrected chi connectivity index (χ2v) is 9.39. The van der Waals surface area contributed by atoms with Gasteiger partial charge in [-0.2, -0.15) is 0 Å². The summed E-state index contributed by atoms with van der Waals surface area (Å²) in [6.07, 6.45) is 10.3. The Hall–Kier alpha value is -0.570. The van der Waals surface area contributed by atoms with E-state index in [9.17, 15) is 4.79 Å². The van der Waals surface area contributed by atoms with E-state index in [-0.39, 0.29) is 17.6 Å². The molecule has 3 nitrogen and oxygen atoms in total. The Kier molecular flexibility index (Phi) is 2.84. The number of carbonyl (C=O) groups excluding carboxylic acids is 1. The molecule has 3 unspecified atom stereocenters. The molecule has 5 saturated carbocycles. The van der Waals surface area contributed by atoms with Crippen LogP contribution >= 0.6 is 0 Å². The normalized spacial score (nSPS) is 49.2. The van der Waals surface area contributed by atoms with Crippen molar-refractivity contribution in [3.05, 3.63) is 0 Å². The summed E-state index contributed by atoms with van der Waals surface area (Å²) < 4.78 is 5.08. The van der Waals surface area contributed by atoms with Crippen molar-refractivity contribution in [3.8, 4) is 0 Å². The number of carbonyl (C=O) groups is 1. The van der Waals surface area contributed by atoms with E-state index in [4.69, 9.17) is 4.74 Å². The van der Waals surface area contributed by atoms with E-state index >= 15 is 0 Å². The molecular formula is C18H29NO2. The first-order valence-corrected chi connectivity index (χ1v) is 8.70. The van der Waals surface area contributed by atoms with Gasteiger partial charge in [-0.3, -0.25) is 10.1 Å². The number of rotatable bonds is 4. The van der Waals surface area contributed by atoms with Crippen molar-refractivity contribution >= 4 is 5.97 Å². The average Bonchev–Trinajstić information content (AvgIpc) is 3.14. The lowest BCUT2D eigenvalue weighted by Crippen LogP contribution is -2.67. The molecule has 0 saturated heterocycles. The molecule has 5 fully saturated rings. The van der Waals surface area contributed by atoms with Gasteiger partial charge in [-0.05, 0) is 74.0 Å². The lowest BCUT2D eigenvalue weighted by molar-refractivity contribution is -0.150. The molecule has 5 rings (SSSR count). The van der Waals surface area contributed by atoms with Crippen LogP contribution in [0.2, 0.25) is 0 Å². The van der Waals surface area contributed by atoms with Crippen LogP contribution in [0.5, 0.6) is 0 Å². The summed E-state index contributed by atoms with van der Waals surface area (Å²) in [4.78, 5) is 12.2. The molecule has 21 heavy (non-hydrogen) atoms. The number of hydrogen-bond acceptors (Lipinski definition) is 3. The van der Waals surface area contributed by atoms with E-state index in [1.807, 2.05) is 0 Å². The van der Waals surface area contributed by atoms with E-state index in [1.54, 1.807) is 0 Å². The van der Waals surface area contributed by atoms with Gasteiger partial charge in [-0.15, -0.1) is 0 Å². The summed E-state index contributed by atoms with van der Waals surface area (Å²) in [6.45, 7) is 4.97. The summed E-state index contributed by atoms with van der Waals surface area (Å²) >= 11 is 0. The summed E-state index contributed by atoms with van der Waals surface area (Å²) in [6, 6.07) is -0.0570. The average molecular weight is 291 g/mol. The highest BCUT2D eigenvalue weighted by Crippen LogP contribution is 2.66. The van der Waals surface area contributed by atoms with Crippen LogP contribution in [0.4, 0.5) is 0 Å². The lowest BCUT2D eigenvalue weighted by Gasteiger charge is -2.66. The van der Waals surface area contributed by atoms with Gasteiger partial charge in [0.05, 0.1) is 7.11 Å². The number of hydrogen-bond donors (Lipinski definition) is 1. The second-order valence-electron chi connectivity index (χ2n) is 9.39. The fraction of sp³-hybridized carbons (Fsp3) is 0.944. The molecule has 118 valence electrons. The van der Waals surface area contributed by atoms with Crippen LogP contribution in [0.15, 0.2) is 0 Å². The standard InChI is InChI=1S/C18H29NO2/c1-16-6-12-7-17(2,9-16)11-18(8-12,10-16)19-14(13-4-5-13)15(20)21-3/h12-14,19H,4-11H2,1-3H3. The van der Waals surface area contributed by atoms with E-state index in [2.05, 4.69) is 19.2 Å². The Labute approximate surface area is 128 Å². The monoisotopic (exact) mass is 291 g/mol. The number of esters is 1. The van der Waals surface area contributed by atoms with Crippen LogP contribution in [0.3, 0.4) is 0 Å². The van der Waals surface area contributed by atoms with Crippen molar-refractivity contribution in [2.45, 2.75) is 76.8 Å². The molecule has 0 radical (unpaired) electrons. The fourth-order valence-electron chi connectivity index (χ4n) is 6.86. The SMILES string of the molecule is COC(=O)C(NC12CC3CC(C)(CC(C)(C3)C1)C2)C1CC1. The zero-order valence-corrected chi connectivity index (χ0v) is 13.7. The third-order valence-electron chi connectivity index (χ3n) is 6.64. The van der Waals surface area contributed by atoms with Gasteiger partial charge >= 0.3 is 5.97 Å². The molecule has 1 N–H and O–H groups in total. The van der Waals surface area contributed by atoms with Gasteiger partial charge in [0.15, 0.2) is 0 Å². The van der Waals surface area contributed by atoms with E-state index in [0.717, 1.165) is 5.92 Å². The van der Waals surface area contributed by atoms with Crippen molar-refractivity contribution < 1.29 is 9.53 Å². The zero-order valence-electron chi connectivity index (χ0n) is 13.7. The molecule has 0 aromatic carbocycles. The first-order valence-electron chi connectivity index (χ1n) is 8.70. The van der Waals surface area contributed by atoms with Gasteiger partial charge in [0.1, 0.15) is 6.04 Å². The summed E-state index contributed by atoms with van der Waals surface area (Å²) in [5, 5.41) is 3.85. The van der Waals surface area contributed by atoms with E-state index in [1.165, 1.54) is 58.5 Å². The summed E-state index contributed by atoms with van der Waals surface area (Å²) in [7, 11) is 1.53. The Balaban J connectivity index is 1.60. The Morgan fingerprint density at radius 3 is 2.19 bits per heavy atom. The number of nitrogens with one attached hydrogen (secondary N) is 1. The summed E-state index contributed by atoms with van der Waals surface area (Å²) in [5.41, 5.74) is 1.18. The maximum atomic E-state index is 12.2. The van der Waals surface area contributed by atoms with Crippen LogP contribution in [0.25, 0.3) is 0 Å². The topological polar surface area (TPSA) is 38.3 Å². The molecule has 3 atom stereocenters.